The van der Waals surface area contributed by atoms with E-state index in [2.05, 4.69) is 10.2 Å². The van der Waals surface area contributed by atoms with Gasteiger partial charge in [0.2, 0.25) is 0 Å². The summed E-state index contributed by atoms with van der Waals surface area (Å²) in [5.74, 6) is 1.20. The number of piperazine rings is 1. The van der Waals surface area contributed by atoms with Gasteiger partial charge in [0.1, 0.15) is 17.3 Å². The number of hydrogen-bond acceptors (Lipinski definition) is 5. The summed E-state index contributed by atoms with van der Waals surface area (Å²) >= 11 is 0. The molecule has 1 fully saturated rings. The number of hydrogen-bond donors (Lipinski definition) is 1. The molecule has 2 aromatic heterocycles. The maximum Gasteiger partial charge on any atom is 0.322 e. The number of amides is 3. The lowest BCUT2D eigenvalue weighted by molar-refractivity contribution is 0.0712. The summed E-state index contributed by atoms with van der Waals surface area (Å²) in [6, 6.07) is 21.1. The summed E-state index contributed by atoms with van der Waals surface area (Å²) in [5.41, 5.74) is 2.08. The van der Waals surface area contributed by atoms with E-state index in [1.54, 1.807) is 23.1 Å². The van der Waals surface area contributed by atoms with E-state index in [0.29, 0.717) is 63.9 Å². The van der Waals surface area contributed by atoms with E-state index in [1.807, 2.05) is 72.0 Å². The van der Waals surface area contributed by atoms with Gasteiger partial charge in [0.15, 0.2) is 5.76 Å². The molecule has 0 unspecified atom stereocenters. The van der Waals surface area contributed by atoms with Crippen LogP contribution in [0.3, 0.4) is 0 Å². The van der Waals surface area contributed by atoms with Crippen LogP contribution in [0.25, 0.3) is 0 Å². The number of rotatable bonds is 11. The Balaban J connectivity index is 1.19. The third-order valence-electron chi connectivity index (χ3n) is 7.44. The minimum absolute atomic E-state index is 0.129. The number of anilines is 2. The molecule has 0 saturated carbocycles. The number of aromatic nitrogens is 1. The predicted octanol–water partition coefficient (Wildman–Crippen LogP) is 6.07. The highest BCUT2D eigenvalue weighted by Gasteiger charge is 2.26. The van der Waals surface area contributed by atoms with Crippen molar-refractivity contribution in [2.45, 2.75) is 33.4 Å². The normalized spacial score (nSPS) is 13.2. The van der Waals surface area contributed by atoms with Crippen LogP contribution in [0.4, 0.5) is 20.6 Å². The van der Waals surface area contributed by atoms with Gasteiger partial charge in [-0.15, -0.1) is 0 Å². The molecule has 2 aromatic carbocycles. The standard InChI is InChI=1S/C33H38FN5O4/c1-3-17-39(33(41)35-28-12-6-5-11-27(28)34)23-25-10-9-18-38(25)24-26-15-16-31(43-26)32(40)37-21-19-36(20-22-37)29-13-7-8-14-30(29)42-4-2/h5-16,18H,3-4,17,19-24H2,1-2H3,(H,35,41). The smallest absolute Gasteiger partial charge is 0.322 e. The minimum Gasteiger partial charge on any atom is -0.492 e. The van der Waals surface area contributed by atoms with Crippen LogP contribution < -0.4 is 15.0 Å². The van der Waals surface area contributed by atoms with Crippen LogP contribution in [-0.2, 0) is 13.1 Å². The van der Waals surface area contributed by atoms with E-state index in [1.165, 1.54) is 12.1 Å². The maximum absolute atomic E-state index is 14.1. The lowest BCUT2D eigenvalue weighted by atomic mass is 10.2. The fourth-order valence-corrected chi connectivity index (χ4v) is 5.27. The molecule has 4 aromatic rings. The van der Waals surface area contributed by atoms with Crippen molar-refractivity contribution in [3.63, 3.8) is 0 Å². The molecule has 1 aliphatic rings. The average molecular weight is 588 g/mol. The number of carbonyl (C=O) groups excluding carboxylic acids is 2. The highest BCUT2D eigenvalue weighted by molar-refractivity contribution is 5.92. The van der Waals surface area contributed by atoms with Gasteiger partial charge < -0.3 is 33.7 Å². The molecule has 1 N–H and O–H groups in total. The number of nitrogens with zero attached hydrogens (tertiary/aromatic N) is 4. The van der Waals surface area contributed by atoms with Crippen molar-refractivity contribution < 1.29 is 23.1 Å². The van der Waals surface area contributed by atoms with Crippen molar-refractivity contribution in [1.29, 1.82) is 0 Å². The van der Waals surface area contributed by atoms with Gasteiger partial charge in [-0.3, -0.25) is 4.79 Å². The summed E-state index contributed by atoms with van der Waals surface area (Å²) in [7, 11) is 0. The van der Waals surface area contributed by atoms with Crippen LogP contribution in [0.1, 0.15) is 42.3 Å². The zero-order valence-corrected chi connectivity index (χ0v) is 24.7. The van der Waals surface area contributed by atoms with Crippen molar-refractivity contribution >= 4 is 23.3 Å². The van der Waals surface area contributed by atoms with E-state index in [0.717, 1.165) is 23.6 Å². The Kier molecular flexibility index (Phi) is 9.66. The fraction of sp³-hybridized carbons (Fsp3) is 0.333. The first kappa shape index (κ1) is 29.8. The molecule has 0 radical (unpaired) electrons. The number of nitrogens with one attached hydrogen (secondary N) is 1. The molecule has 3 amide bonds. The van der Waals surface area contributed by atoms with Crippen molar-refractivity contribution in [1.82, 2.24) is 14.4 Å². The zero-order chi connectivity index (χ0) is 30.2. The van der Waals surface area contributed by atoms with Crippen molar-refractivity contribution in [3.05, 3.63) is 102 Å². The third kappa shape index (κ3) is 7.20. The van der Waals surface area contributed by atoms with Gasteiger partial charge in [-0.2, -0.15) is 0 Å². The van der Waals surface area contributed by atoms with Gasteiger partial charge in [-0.25, -0.2) is 9.18 Å². The summed E-state index contributed by atoms with van der Waals surface area (Å²) in [5, 5.41) is 2.68. The Morgan fingerprint density at radius 3 is 2.49 bits per heavy atom. The largest absolute Gasteiger partial charge is 0.492 e. The second kappa shape index (κ2) is 14.0. The lowest BCUT2D eigenvalue weighted by Crippen LogP contribution is -2.48. The van der Waals surface area contributed by atoms with Crippen LogP contribution in [0, 0.1) is 5.82 Å². The molecule has 1 saturated heterocycles. The van der Waals surface area contributed by atoms with Crippen LogP contribution >= 0.6 is 0 Å². The molecule has 0 bridgehead atoms. The van der Waals surface area contributed by atoms with E-state index in [9.17, 15) is 14.0 Å². The monoisotopic (exact) mass is 587 g/mol. The molecule has 10 heteroatoms. The number of ether oxygens (including phenoxy) is 1. The summed E-state index contributed by atoms with van der Waals surface area (Å²) in [6.45, 7) is 8.39. The van der Waals surface area contributed by atoms with E-state index in [-0.39, 0.29) is 17.6 Å². The predicted molar refractivity (Wildman–Crippen MR) is 164 cm³/mol. The molecule has 0 aliphatic carbocycles. The highest BCUT2D eigenvalue weighted by Crippen LogP contribution is 2.29. The highest BCUT2D eigenvalue weighted by atomic mass is 19.1. The number of carbonyl (C=O) groups is 2. The van der Waals surface area contributed by atoms with Gasteiger partial charge in [0.05, 0.1) is 31.1 Å². The molecular weight excluding hydrogens is 549 g/mol. The molecule has 1 aliphatic heterocycles. The minimum atomic E-state index is -0.479. The zero-order valence-electron chi connectivity index (χ0n) is 24.7. The van der Waals surface area contributed by atoms with E-state index in [4.69, 9.17) is 9.15 Å². The van der Waals surface area contributed by atoms with Crippen LogP contribution in [0.2, 0.25) is 0 Å². The summed E-state index contributed by atoms with van der Waals surface area (Å²) in [6.07, 6.45) is 2.67. The molecular formula is C33H38FN5O4. The number of para-hydroxylation sites is 3. The van der Waals surface area contributed by atoms with Crippen molar-refractivity contribution in [3.8, 4) is 5.75 Å². The van der Waals surface area contributed by atoms with E-state index < -0.39 is 5.82 Å². The van der Waals surface area contributed by atoms with Gasteiger partial charge in [-0.05, 0) is 61.9 Å². The Morgan fingerprint density at radius 1 is 0.953 bits per heavy atom. The first-order valence-electron chi connectivity index (χ1n) is 14.8. The molecule has 226 valence electrons. The first-order valence-corrected chi connectivity index (χ1v) is 14.8. The quantitative estimate of drug-likeness (QED) is 0.230. The number of urea groups is 1. The summed E-state index contributed by atoms with van der Waals surface area (Å²) < 4.78 is 27.9. The van der Waals surface area contributed by atoms with Crippen molar-refractivity contribution in [2.24, 2.45) is 0 Å². The maximum atomic E-state index is 14.1. The van der Waals surface area contributed by atoms with Gasteiger partial charge in [0, 0.05) is 44.6 Å². The average Bonchev–Trinajstić information content (AvgIpc) is 3.68. The summed E-state index contributed by atoms with van der Waals surface area (Å²) in [4.78, 5) is 32.0. The van der Waals surface area contributed by atoms with Gasteiger partial charge in [-0.1, -0.05) is 31.2 Å². The molecule has 43 heavy (non-hydrogen) atoms. The van der Waals surface area contributed by atoms with Crippen LogP contribution in [-0.4, -0.2) is 65.6 Å². The molecule has 0 spiro atoms. The topological polar surface area (TPSA) is 83.2 Å². The van der Waals surface area contributed by atoms with Gasteiger partial charge >= 0.3 is 6.03 Å². The van der Waals surface area contributed by atoms with Crippen LogP contribution in [0.5, 0.6) is 5.75 Å². The lowest BCUT2D eigenvalue weighted by Gasteiger charge is -2.36. The number of furan rings is 1. The van der Waals surface area contributed by atoms with Crippen molar-refractivity contribution in [2.75, 3.05) is 49.5 Å². The third-order valence-corrected chi connectivity index (χ3v) is 7.44. The Labute approximate surface area is 251 Å². The first-order chi connectivity index (χ1) is 21.0. The molecule has 5 rings (SSSR count). The SMILES string of the molecule is CCCN(Cc1cccn1Cc1ccc(C(=O)N2CCN(c3ccccc3OCC)CC2)o1)C(=O)Nc1ccccc1F. The Morgan fingerprint density at radius 2 is 1.72 bits per heavy atom. The van der Waals surface area contributed by atoms with Crippen LogP contribution in [0.15, 0.2) is 83.4 Å². The fourth-order valence-electron chi connectivity index (χ4n) is 5.27. The second-order valence-corrected chi connectivity index (χ2v) is 10.4. The molecule has 9 nitrogen and oxygen atoms in total. The van der Waals surface area contributed by atoms with E-state index >= 15 is 0 Å². The van der Waals surface area contributed by atoms with Gasteiger partial charge in [0.25, 0.3) is 5.91 Å². The Bertz CT molecular complexity index is 1520. The number of benzene rings is 2. The molecule has 0 atom stereocenters. The Hall–Kier alpha value is -4.73. The second-order valence-electron chi connectivity index (χ2n) is 10.4. The number of halogens is 1. The molecule has 3 heterocycles.